The summed E-state index contributed by atoms with van der Waals surface area (Å²) in [6, 6.07) is 17.7. The van der Waals surface area contributed by atoms with Gasteiger partial charge in [0, 0.05) is 10.6 Å². The number of hydrogen-bond acceptors (Lipinski definition) is 2. The molecule has 0 aromatic heterocycles. The molecule has 106 valence electrons. The van der Waals surface area contributed by atoms with Gasteiger partial charge < -0.3 is 0 Å². The fourth-order valence-corrected chi connectivity index (χ4v) is 2.87. The first-order valence-electron chi connectivity index (χ1n) is 6.75. The van der Waals surface area contributed by atoms with Gasteiger partial charge in [-0.1, -0.05) is 54.2 Å². The Hall–Kier alpha value is -1.71. The van der Waals surface area contributed by atoms with Crippen LogP contribution in [0.1, 0.15) is 19.4 Å². The average Bonchev–Trinajstić information content (AvgIpc) is 2.71. The van der Waals surface area contributed by atoms with Gasteiger partial charge in [0.1, 0.15) is 4.99 Å². The first-order valence-corrected chi connectivity index (χ1v) is 7.53. The maximum Gasteiger partial charge on any atom is 0.117 e. The van der Waals surface area contributed by atoms with Crippen LogP contribution in [0.25, 0.3) is 0 Å². The summed E-state index contributed by atoms with van der Waals surface area (Å²) in [6.45, 7) is 4.19. The van der Waals surface area contributed by atoms with E-state index >= 15 is 0 Å². The van der Waals surface area contributed by atoms with Crippen molar-refractivity contribution in [2.45, 2.75) is 13.8 Å². The lowest BCUT2D eigenvalue weighted by Gasteiger charge is -2.22. The molecular weight excluding hydrogens is 300 g/mol. The third kappa shape index (κ3) is 2.47. The topological polar surface area (TPSA) is 15.6 Å². The van der Waals surface area contributed by atoms with Gasteiger partial charge in [0.05, 0.1) is 16.8 Å². The van der Waals surface area contributed by atoms with E-state index in [9.17, 15) is 0 Å². The van der Waals surface area contributed by atoms with Crippen LogP contribution in [0.5, 0.6) is 0 Å². The summed E-state index contributed by atoms with van der Waals surface area (Å²) in [7, 11) is 0. The summed E-state index contributed by atoms with van der Waals surface area (Å²) in [5, 5.41) is 7.30. The van der Waals surface area contributed by atoms with E-state index in [4.69, 9.17) is 28.9 Å². The molecule has 0 atom stereocenters. The number of hydrazone groups is 1. The Morgan fingerprint density at radius 3 is 2.43 bits per heavy atom. The maximum absolute atomic E-state index is 6.10. The molecule has 2 aromatic carbocycles. The maximum atomic E-state index is 6.10. The van der Waals surface area contributed by atoms with E-state index in [1.165, 1.54) is 0 Å². The fourth-order valence-electron chi connectivity index (χ4n) is 2.43. The van der Waals surface area contributed by atoms with Gasteiger partial charge in [0.15, 0.2) is 0 Å². The Morgan fingerprint density at radius 2 is 1.76 bits per heavy atom. The molecule has 1 aliphatic rings. The van der Waals surface area contributed by atoms with E-state index in [1.54, 1.807) is 0 Å². The van der Waals surface area contributed by atoms with Gasteiger partial charge in [-0.15, -0.1) is 0 Å². The van der Waals surface area contributed by atoms with Crippen LogP contribution in [0.4, 0.5) is 5.69 Å². The molecule has 0 amide bonds. The van der Waals surface area contributed by atoms with Crippen LogP contribution in [0.3, 0.4) is 0 Å². The lowest BCUT2D eigenvalue weighted by Crippen LogP contribution is -2.33. The Morgan fingerprint density at radius 1 is 1.05 bits per heavy atom. The molecule has 2 aromatic rings. The van der Waals surface area contributed by atoms with Gasteiger partial charge in [0.25, 0.3) is 0 Å². The molecule has 4 heteroatoms. The quantitative estimate of drug-likeness (QED) is 0.731. The zero-order valence-electron chi connectivity index (χ0n) is 11.9. The van der Waals surface area contributed by atoms with Crippen molar-refractivity contribution < 1.29 is 0 Å². The van der Waals surface area contributed by atoms with Crippen molar-refractivity contribution >= 4 is 40.2 Å². The molecule has 0 spiro atoms. The minimum absolute atomic E-state index is 0.310. The number of para-hydroxylation sites is 1. The van der Waals surface area contributed by atoms with Crippen molar-refractivity contribution in [1.29, 1.82) is 0 Å². The lowest BCUT2D eigenvalue weighted by atomic mass is 9.84. The lowest BCUT2D eigenvalue weighted by molar-refractivity contribution is 0.751. The highest BCUT2D eigenvalue weighted by molar-refractivity contribution is 7.80. The zero-order chi connectivity index (χ0) is 15.0. The number of rotatable bonds is 2. The van der Waals surface area contributed by atoms with Crippen LogP contribution < -0.4 is 5.01 Å². The Kier molecular flexibility index (Phi) is 3.56. The molecule has 0 radical (unpaired) electrons. The predicted molar refractivity (Wildman–Crippen MR) is 93.3 cm³/mol. The van der Waals surface area contributed by atoms with E-state index in [0.717, 1.165) is 22.0 Å². The van der Waals surface area contributed by atoms with Crippen molar-refractivity contribution in [3.63, 3.8) is 0 Å². The van der Waals surface area contributed by atoms with E-state index in [1.807, 2.05) is 59.6 Å². The molecule has 0 aliphatic carbocycles. The summed E-state index contributed by atoms with van der Waals surface area (Å²) in [5.41, 5.74) is 2.62. The van der Waals surface area contributed by atoms with Gasteiger partial charge in [-0.3, -0.25) is 0 Å². The molecule has 1 aliphatic heterocycles. The SMILES string of the molecule is CC1(C)C(=S)N(c2ccccc2)N=C1c1cccc(Cl)c1. The molecule has 2 nitrogen and oxygen atoms in total. The molecule has 0 saturated carbocycles. The van der Waals surface area contributed by atoms with Crippen molar-refractivity contribution in [1.82, 2.24) is 0 Å². The second-order valence-electron chi connectivity index (χ2n) is 5.54. The summed E-state index contributed by atoms with van der Waals surface area (Å²) < 4.78 is 0. The highest BCUT2D eigenvalue weighted by Gasteiger charge is 2.41. The molecule has 0 bridgehead atoms. The molecule has 0 unspecified atom stereocenters. The minimum Gasteiger partial charge on any atom is -0.226 e. The number of thiocarbonyl (C=S) groups is 1. The van der Waals surface area contributed by atoms with Gasteiger partial charge in [-0.05, 0) is 38.1 Å². The van der Waals surface area contributed by atoms with Crippen LogP contribution in [0.15, 0.2) is 59.7 Å². The van der Waals surface area contributed by atoms with Crippen LogP contribution in [0.2, 0.25) is 5.02 Å². The highest BCUT2D eigenvalue weighted by Crippen LogP contribution is 2.36. The van der Waals surface area contributed by atoms with Crippen LogP contribution in [-0.2, 0) is 0 Å². The highest BCUT2D eigenvalue weighted by atomic mass is 35.5. The average molecular weight is 315 g/mol. The second kappa shape index (κ2) is 5.24. The molecule has 0 fully saturated rings. The number of benzene rings is 2. The minimum atomic E-state index is -0.310. The second-order valence-corrected chi connectivity index (χ2v) is 6.36. The third-order valence-electron chi connectivity index (χ3n) is 3.62. The van der Waals surface area contributed by atoms with Gasteiger partial charge in [-0.2, -0.15) is 5.10 Å². The number of anilines is 1. The van der Waals surface area contributed by atoms with Crippen molar-refractivity contribution in [3.8, 4) is 0 Å². The van der Waals surface area contributed by atoms with Crippen LogP contribution in [0, 0.1) is 5.41 Å². The van der Waals surface area contributed by atoms with Crippen molar-refractivity contribution in [2.24, 2.45) is 10.5 Å². The number of hydrogen-bond donors (Lipinski definition) is 0. The van der Waals surface area contributed by atoms with Crippen molar-refractivity contribution in [3.05, 3.63) is 65.2 Å². The van der Waals surface area contributed by atoms with E-state index in [0.29, 0.717) is 5.02 Å². The fraction of sp³-hybridized carbons (Fsp3) is 0.176. The van der Waals surface area contributed by atoms with Crippen LogP contribution >= 0.6 is 23.8 Å². The monoisotopic (exact) mass is 314 g/mol. The molecule has 0 N–H and O–H groups in total. The normalized spacial score (nSPS) is 17.0. The van der Waals surface area contributed by atoms with E-state index in [2.05, 4.69) is 13.8 Å². The van der Waals surface area contributed by atoms with E-state index in [-0.39, 0.29) is 5.41 Å². The first-order chi connectivity index (χ1) is 10.00. The molecule has 3 rings (SSSR count). The molecular formula is C17H15ClN2S. The molecule has 21 heavy (non-hydrogen) atoms. The summed E-state index contributed by atoms with van der Waals surface area (Å²) >= 11 is 11.8. The van der Waals surface area contributed by atoms with Crippen LogP contribution in [-0.4, -0.2) is 10.7 Å². The standard InChI is InChI=1S/C17H15ClN2S/c1-17(2)15(12-7-6-8-13(18)11-12)19-20(16(17)21)14-9-4-3-5-10-14/h3-11H,1-2H3. The Balaban J connectivity index is 2.09. The van der Waals surface area contributed by atoms with Gasteiger partial charge in [0.2, 0.25) is 0 Å². The molecule has 1 heterocycles. The third-order valence-corrected chi connectivity index (χ3v) is 4.54. The zero-order valence-corrected chi connectivity index (χ0v) is 13.4. The number of halogens is 1. The smallest absolute Gasteiger partial charge is 0.117 e. The summed E-state index contributed by atoms with van der Waals surface area (Å²) in [5.74, 6) is 0. The molecule has 0 saturated heterocycles. The number of nitrogens with zero attached hydrogens (tertiary/aromatic N) is 2. The largest absolute Gasteiger partial charge is 0.226 e. The van der Waals surface area contributed by atoms with Crippen molar-refractivity contribution in [2.75, 3.05) is 5.01 Å². The van der Waals surface area contributed by atoms with Gasteiger partial charge >= 0.3 is 0 Å². The summed E-state index contributed by atoms with van der Waals surface area (Å²) in [6.07, 6.45) is 0. The predicted octanol–water partition coefficient (Wildman–Crippen LogP) is 4.92. The Bertz CT molecular complexity index is 723. The Labute approximate surface area is 135 Å². The van der Waals surface area contributed by atoms with Gasteiger partial charge in [-0.25, -0.2) is 5.01 Å². The van der Waals surface area contributed by atoms with E-state index < -0.39 is 0 Å². The first kappa shape index (κ1) is 14.2. The summed E-state index contributed by atoms with van der Waals surface area (Å²) in [4.78, 5) is 0.795.